The second-order valence-corrected chi connectivity index (χ2v) is 6.65. The maximum absolute atomic E-state index is 11.9. The zero-order chi connectivity index (χ0) is 14.4. The van der Waals surface area contributed by atoms with E-state index in [0.717, 1.165) is 12.8 Å². The number of hydrogen-bond acceptors (Lipinski definition) is 5. The van der Waals surface area contributed by atoms with Gasteiger partial charge in [0.05, 0.1) is 19.3 Å². The summed E-state index contributed by atoms with van der Waals surface area (Å²) in [4.78, 5) is 0. The molecule has 3 N–H and O–H groups in total. The van der Waals surface area contributed by atoms with E-state index in [0.29, 0.717) is 12.4 Å². The smallest absolute Gasteiger partial charge is 0.274 e. The lowest BCUT2D eigenvalue weighted by molar-refractivity contribution is 0.0320. The first-order chi connectivity index (χ1) is 9.62. The highest BCUT2D eigenvalue weighted by atomic mass is 32.2. The molecule has 0 spiro atoms. The molecule has 2 rings (SSSR count). The minimum absolute atomic E-state index is 0.101. The Labute approximate surface area is 119 Å². The van der Waals surface area contributed by atoms with E-state index in [1.165, 1.54) is 25.3 Å². The SMILES string of the molecule is NCc1ccc(S(=O)(=O)NCCOC2CCCCC2)o1. The van der Waals surface area contributed by atoms with E-state index in [1.54, 1.807) is 6.07 Å². The quantitative estimate of drug-likeness (QED) is 0.742. The van der Waals surface area contributed by atoms with Gasteiger partial charge < -0.3 is 14.9 Å². The molecule has 1 fully saturated rings. The van der Waals surface area contributed by atoms with Gasteiger partial charge in [-0.25, -0.2) is 13.1 Å². The third kappa shape index (κ3) is 4.31. The van der Waals surface area contributed by atoms with E-state index in [2.05, 4.69) is 4.72 Å². The van der Waals surface area contributed by atoms with E-state index < -0.39 is 10.0 Å². The monoisotopic (exact) mass is 302 g/mol. The predicted octanol–water partition coefficient (Wildman–Crippen LogP) is 1.37. The second-order valence-electron chi connectivity index (χ2n) is 4.95. The average molecular weight is 302 g/mol. The van der Waals surface area contributed by atoms with Gasteiger partial charge in [0.15, 0.2) is 0 Å². The third-order valence-electron chi connectivity index (χ3n) is 3.40. The molecule has 1 saturated carbocycles. The van der Waals surface area contributed by atoms with Gasteiger partial charge in [-0.15, -0.1) is 0 Å². The van der Waals surface area contributed by atoms with Crippen LogP contribution in [0.5, 0.6) is 0 Å². The first-order valence-corrected chi connectivity index (χ1v) is 8.50. The van der Waals surface area contributed by atoms with Crippen LogP contribution in [-0.2, 0) is 21.3 Å². The topological polar surface area (TPSA) is 94.6 Å². The number of ether oxygens (including phenoxy) is 1. The summed E-state index contributed by atoms with van der Waals surface area (Å²) in [5.74, 6) is 0.448. The molecule has 0 aromatic carbocycles. The number of sulfonamides is 1. The first kappa shape index (κ1) is 15.5. The van der Waals surface area contributed by atoms with E-state index >= 15 is 0 Å². The summed E-state index contributed by atoms with van der Waals surface area (Å²) in [6.45, 7) is 0.812. The molecule has 1 aliphatic rings. The lowest BCUT2D eigenvalue weighted by atomic mass is 9.98. The summed E-state index contributed by atoms with van der Waals surface area (Å²) in [5.41, 5.74) is 5.38. The van der Waals surface area contributed by atoms with Crippen LogP contribution in [0.2, 0.25) is 0 Å². The van der Waals surface area contributed by atoms with Crippen LogP contribution < -0.4 is 10.5 Å². The molecule has 6 nitrogen and oxygen atoms in total. The fraction of sp³-hybridized carbons (Fsp3) is 0.692. The molecule has 0 radical (unpaired) electrons. The maximum atomic E-state index is 11.9. The molecule has 7 heteroatoms. The molecule has 0 aliphatic heterocycles. The Morgan fingerprint density at radius 3 is 2.70 bits per heavy atom. The Bertz CT molecular complexity index is 506. The van der Waals surface area contributed by atoms with Gasteiger partial charge in [0, 0.05) is 6.54 Å². The summed E-state index contributed by atoms with van der Waals surface area (Å²) >= 11 is 0. The van der Waals surface area contributed by atoms with Crippen LogP contribution in [0.25, 0.3) is 0 Å². The highest BCUT2D eigenvalue weighted by Gasteiger charge is 2.18. The predicted molar refractivity (Wildman–Crippen MR) is 74.6 cm³/mol. The Balaban J connectivity index is 1.74. The number of rotatable bonds is 7. The molecule has 114 valence electrons. The Morgan fingerprint density at radius 2 is 2.05 bits per heavy atom. The van der Waals surface area contributed by atoms with Crippen molar-refractivity contribution in [3.63, 3.8) is 0 Å². The van der Waals surface area contributed by atoms with Gasteiger partial charge in [-0.3, -0.25) is 0 Å². The highest BCUT2D eigenvalue weighted by molar-refractivity contribution is 7.89. The lowest BCUT2D eigenvalue weighted by Crippen LogP contribution is -2.29. The molecule has 1 aromatic heterocycles. The van der Waals surface area contributed by atoms with Crippen LogP contribution in [0, 0.1) is 0 Å². The van der Waals surface area contributed by atoms with Gasteiger partial charge in [-0.2, -0.15) is 0 Å². The van der Waals surface area contributed by atoms with Crippen molar-refractivity contribution in [3.05, 3.63) is 17.9 Å². The molecule has 1 heterocycles. The largest absolute Gasteiger partial charge is 0.447 e. The van der Waals surface area contributed by atoms with Gasteiger partial charge >= 0.3 is 0 Å². The van der Waals surface area contributed by atoms with Gasteiger partial charge in [-0.05, 0) is 25.0 Å². The van der Waals surface area contributed by atoms with Crippen LogP contribution in [0.1, 0.15) is 37.9 Å². The van der Waals surface area contributed by atoms with E-state index in [-0.39, 0.29) is 24.3 Å². The molecule has 0 atom stereocenters. The van der Waals surface area contributed by atoms with Crippen molar-refractivity contribution in [3.8, 4) is 0 Å². The molecular weight excluding hydrogens is 280 g/mol. The summed E-state index contributed by atoms with van der Waals surface area (Å²) in [6, 6.07) is 2.97. The molecule has 0 amide bonds. The first-order valence-electron chi connectivity index (χ1n) is 7.02. The van der Waals surface area contributed by atoms with Crippen LogP contribution in [0.15, 0.2) is 21.6 Å². The standard InChI is InChI=1S/C13H22N2O4S/c14-10-12-6-7-13(19-12)20(16,17)15-8-9-18-11-4-2-1-3-5-11/h6-7,11,15H,1-5,8-10,14H2. The second kappa shape index (κ2) is 7.21. The third-order valence-corrected chi connectivity index (χ3v) is 4.74. The van der Waals surface area contributed by atoms with Crippen molar-refractivity contribution in [2.45, 2.75) is 49.8 Å². The van der Waals surface area contributed by atoms with Gasteiger partial charge in [0.1, 0.15) is 5.76 Å². The van der Waals surface area contributed by atoms with Crippen molar-refractivity contribution < 1.29 is 17.6 Å². The normalized spacial score (nSPS) is 17.4. The van der Waals surface area contributed by atoms with Gasteiger partial charge in [0.25, 0.3) is 10.0 Å². The van der Waals surface area contributed by atoms with Gasteiger partial charge in [0.2, 0.25) is 5.09 Å². The van der Waals surface area contributed by atoms with Crippen LogP contribution >= 0.6 is 0 Å². The molecule has 20 heavy (non-hydrogen) atoms. The Kier molecular flexibility index (Phi) is 5.59. The number of nitrogens with two attached hydrogens (primary N) is 1. The minimum atomic E-state index is -3.60. The van der Waals surface area contributed by atoms with Crippen molar-refractivity contribution in [2.24, 2.45) is 5.73 Å². The van der Waals surface area contributed by atoms with Crippen LogP contribution in [-0.4, -0.2) is 27.7 Å². The summed E-state index contributed by atoms with van der Waals surface area (Å²) < 4.78 is 37.1. The van der Waals surface area contributed by atoms with Crippen molar-refractivity contribution in [2.75, 3.05) is 13.2 Å². The molecule has 0 bridgehead atoms. The molecule has 1 aromatic rings. The molecule has 1 aliphatic carbocycles. The molecule has 0 unspecified atom stereocenters. The van der Waals surface area contributed by atoms with E-state index in [4.69, 9.17) is 14.9 Å². The average Bonchev–Trinajstić information content (AvgIpc) is 2.95. The Hall–Kier alpha value is -0.890. The number of hydrogen-bond donors (Lipinski definition) is 2. The fourth-order valence-electron chi connectivity index (χ4n) is 2.32. The Morgan fingerprint density at radius 1 is 1.30 bits per heavy atom. The maximum Gasteiger partial charge on any atom is 0.274 e. The molecular formula is C13H22N2O4S. The summed E-state index contributed by atoms with van der Waals surface area (Å²) in [7, 11) is -3.60. The number of furan rings is 1. The minimum Gasteiger partial charge on any atom is -0.447 e. The van der Waals surface area contributed by atoms with E-state index in [1.807, 2.05) is 0 Å². The van der Waals surface area contributed by atoms with Gasteiger partial charge in [-0.1, -0.05) is 19.3 Å². The van der Waals surface area contributed by atoms with Crippen molar-refractivity contribution in [1.82, 2.24) is 4.72 Å². The number of nitrogens with one attached hydrogen (secondary N) is 1. The van der Waals surface area contributed by atoms with Crippen LogP contribution in [0.3, 0.4) is 0 Å². The zero-order valence-corrected chi connectivity index (χ0v) is 12.3. The highest BCUT2D eigenvalue weighted by Crippen LogP contribution is 2.20. The van der Waals surface area contributed by atoms with Crippen molar-refractivity contribution >= 4 is 10.0 Å². The summed E-state index contributed by atoms with van der Waals surface area (Å²) in [6.07, 6.45) is 6.10. The lowest BCUT2D eigenvalue weighted by Gasteiger charge is -2.21. The fourth-order valence-corrected chi connectivity index (χ4v) is 3.28. The molecule has 0 saturated heterocycles. The van der Waals surface area contributed by atoms with Crippen molar-refractivity contribution in [1.29, 1.82) is 0 Å². The van der Waals surface area contributed by atoms with Crippen LogP contribution in [0.4, 0.5) is 0 Å². The summed E-state index contributed by atoms with van der Waals surface area (Å²) in [5, 5.41) is -0.101. The van der Waals surface area contributed by atoms with E-state index in [9.17, 15) is 8.42 Å². The zero-order valence-electron chi connectivity index (χ0n) is 11.5.